The molecule has 0 saturated carbocycles. The van der Waals surface area contributed by atoms with Gasteiger partial charge in [-0.2, -0.15) is 0 Å². The van der Waals surface area contributed by atoms with Crippen molar-refractivity contribution >= 4 is 17.3 Å². The standard InChI is InChI=1S/C22H29N3O2/c1-4-25(19-9-6-5-7-10-19)22(26)18(2)23-13-15-24(16-14-23)20-11-8-12-21(17-20)27-3/h5-12,17-18H,4,13-16H2,1-3H3/t18-/m0/s1. The SMILES string of the molecule is CCN(C(=O)[C@H](C)N1CCN(c2cccc(OC)c2)CC1)c1ccccc1. The zero-order valence-electron chi connectivity index (χ0n) is 16.5. The van der Waals surface area contributed by atoms with Crippen LogP contribution in [0.1, 0.15) is 13.8 Å². The van der Waals surface area contributed by atoms with Gasteiger partial charge in [-0.1, -0.05) is 24.3 Å². The molecule has 1 heterocycles. The van der Waals surface area contributed by atoms with Crippen LogP contribution in [0.15, 0.2) is 54.6 Å². The van der Waals surface area contributed by atoms with Crippen LogP contribution in [0.25, 0.3) is 0 Å². The molecule has 0 aromatic heterocycles. The Morgan fingerprint density at radius 1 is 1.07 bits per heavy atom. The molecule has 27 heavy (non-hydrogen) atoms. The van der Waals surface area contributed by atoms with Crippen molar-refractivity contribution in [1.82, 2.24) is 4.90 Å². The van der Waals surface area contributed by atoms with Gasteiger partial charge in [0.25, 0.3) is 0 Å². The van der Waals surface area contributed by atoms with Gasteiger partial charge in [0.2, 0.25) is 5.91 Å². The van der Waals surface area contributed by atoms with Gasteiger partial charge in [0.05, 0.1) is 13.2 Å². The molecule has 1 atom stereocenters. The molecule has 0 aliphatic carbocycles. The first-order chi connectivity index (χ1) is 13.1. The zero-order valence-corrected chi connectivity index (χ0v) is 16.5. The molecule has 3 rings (SSSR count). The lowest BCUT2D eigenvalue weighted by Crippen LogP contribution is -2.54. The molecule has 2 aromatic carbocycles. The van der Waals surface area contributed by atoms with E-state index >= 15 is 0 Å². The van der Waals surface area contributed by atoms with Crippen LogP contribution in [0.4, 0.5) is 11.4 Å². The second-order valence-electron chi connectivity index (χ2n) is 6.82. The fraction of sp³-hybridized carbons (Fsp3) is 0.409. The zero-order chi connectivity index (χ0) is 19.2. The van der Waals surface area contributed by atoms with Gasteiger partial charge in [-0.3, -0.25) is 9.69 Å². The highest BCUT2D eigenvalue weighted by molar-refractivity contribution is 5.96. The molecule has 144 valence electrons. The Kier molecular flexibility index (Phi) is 6.35. The van der Waals surface area contributed by atoms with Crippen molar-refractivity contribution in [1.29, 1.82) is 0 Å². The molecule has 5 nitrogen and oxygen atoms in total. The molecule has 1 aliphatic heterocycles. The van der Waals surface area contributed by atoms with E-state index in [1.165, 1.54) is 5.69 Å². The molecule has 2 aromatic rings. The fourth-order valence-corrected chi connectivity index (χ4v) is 3.63. The molecule has 0 unspecified atom stereocenters. The molecule has 0 radical (unpaired) electrons. The van der Waals surface area contributed by atoms with E-state index in [0.717, 1.165) is 37.6 Å². The number of ether oxygens (including phenoxy) is 1. The number of rotatable bonds is 6. The van der Waals surface area contributed by atoms with Crippen LogP contribution in [-0.4, -0.2) is 56.7 Å². The predicted octanol–water partition coefficient (Wildman–Crippen LogP) is 3.26. The molecule has 0 bridgehead atoms. The van der Waals surface area contributed by atoms with E-state index in [4.69, 9.17) is 4.74 Å². The molecular formula is C22H29N3O2. The highest BCUT2D eigenvalue weighted by Gasteiger charge is 2.29. The average molecular weight is 367 g/mol. The lowest BCUT2D eigenvalue weighted by Gasteiger charge is -2.39. The number of amides is 1. The number of benzene rings is 2. The maximum Gasteiger partial charge on any atom is 0.244 e. The maximum absolute atomic E-state index is 13.1. The lowest BCUT2D eigenvalue weighted by atomic mass is 10.1. The van der Waals surface area contributed by atoms with Gasteiger partial charge in [0.15, 0.2) is 0 Å². The van der Waals surface area contributed by atoms with E-state index in [1.807, 2.05) is 61.2 Å². The third-order valence-electron chi connectivity index (χ3n) is 5.29. The van der Waals surface area contributed by atoms with Gasteiger partial charge in [0.1, 0.15) is 5.75 Å². The summed E-state index contributed by atoms with van der Waals surface area (Å²) in [4.78, 5) is 19.6. The van der Waals surface area contributed by atoms with Crippen molar-refractivity contribution in [3.05, 3.63) is 54.6 Å². The number of hydrogen-bond acceptors (Lipinski definition) is 4. The Hall–Kier alpha value is -2.53. The largest absolute Gasteiger partial charge is 0.497 e. The fourth-order valence-electron chi connectivity index (χ4n) is 3.63. The van der Waals surface area contributed by atoms with E-state index in [1.54, 1.807) is 7.11 Å². The Bertz CT molecular complexity index is 742. The molecule has 1 aliphatic rings. The van der Waals surface area contributed by atoms with Crippen LogP contribution in [0, 0.1) is 0 Å². The van der Waals surface area contributed by atoms with Crippen molar-refractivity contribution in [3.63, 3.8) is 0 Å². The number of hydrogen-bond donors (Lipinski definition) is 0. The summed E-state index contributed by atoms with van der Waals surface area (Å²) in [6.07, 6.45) is 0. The first-order valence-electron chi connectivity index (χ1n) is 9.63. The van der Waals surface area contributed by atoms with Crippen molar-refractivity contribution < 1.29 is 9.53 Å². The van der Waals surface area contributed by atoms with Crippen LogP contribution >= 0.6 is 0 Å². The minimum atomic E-state index is -0.127. The van der Waals surface area contributed by atoms with E-state index in [0.29, 0.717) is 6.54 Å². The van der Waals surface area contributed by atoms with Crippen molar-refractivity contribution in [2.75, 3.05) is 49.6 Å². The van der Waals surface area contributed by atoms with Crippen LogP contribution < -0.4 is 14.5 Å². The Balaban J connectivity index is 1.62. The number of methoxy groups -OCH3 is 1. The Labute approximate surface area is 162 Å². The van der Waals surface area contributed by atoms with Gasteiger partial charge in [-0.15, -0.1) is 0 Å². The van der Waals surface area contributed by atoms with Gasteiger partial charge < -0.3 is 14.5 Å². The maximum atomic E-state index is 13.1. The van der Waals surface area contributed by atoms with Gasteiger partial charge >= 0.3 is 0 Å². The number of nitrogens with zero attached hydrogens (tertiary/aromatic N) is 3. The molecule has 0 spiro atoms. The molecule has 1 saturated heterocycles. The van der Waals surface area contributed by atoms with Crippen LogP contribution in [0.2, 0.25) is 0 Å². The summed E-state index contributed by atoms with van der Waals surface area (Å²) in [6.45, 7) is 8.28. The topological polar surface area (TPSA) is 36.0 Å². The molecule has 5 heteroatoms. The number of carbonyl (C=O) groups excluding carboxylic acids is 1. The number of carbonyl (C=O) groups is 1. The van der Waals surface area contributed by atoms with Gasteiger partial charge in [0, 0.05) is 50.2 Å². The second-order valence-corrected chi connectivity index (χ2v) is 6.82. The lowest BCUT2D eigenvalue weighted by molar-refractivity contribution is -0.123. The van der Waals surface area contributed by atoms with Crippen LogP contribution in [0.5, 0.6) is 5.75 Å². The van der Waals surface area contributed by atoms with Gasteiger partial charge in [-0.05, 0) is 38.1 Å². The number of piperazine rings is 1. The molecule has 1 amide bonds. The monoisotopic (exact) mass is 367 g/mol. The van der Waals surface area contributed by atoms with E-state index in [-0.39, 0.29) is 11.9 Å². The van der Waals surface area contributed by atoms with E-state index in [2.05, 4.69) is 21.9 Å². The summed E-state index contributed by atoms with van der Waals surface area (Å²) in [5.41, 5.74) is 2.14. The van der Waals surface area contributed by atoms with Gasteiger partial charge in [-0.25, -0.2) is 0 Å². The summed E-state index contributed by atoms with van der Waals surface area (Å²) in [5.74, 6) is 1.04. The van der Waals surface area contributed by atoms with Crippen molar-refractivity contribution in [2.45, 2.75) is 19.9 Å². The molecule has 0 N–H and O–H groups in total. The third kappa shape index (κ3) is 4.42. The third-order valence-corrected chi connectivity index (χ3v) is 5.29. The predicted molar refractivity (Wildman–Crippen MR) is 111 cm³/mol. The summed E-state index contributed by atoms with van der Waals surface area (Å²) in [6, 6.07) is 17.9. The normalized spacial score (nSPS) is 16.0. The second kappa shape index (κ2) is 8.91. The minimum Gasteiger partial charge on any atom is -0.497 e. The van der Waals surface area contributed by atoms with E-state index < -0.39 is 0 Å². The highest BCUT2D eigenvalue weighted by Crippen LogP contribution is 2.23. The first-order valence-corrected chi connectivity index (χ1v) is 9.63. The Morgan fingerprint density at radius 2 is 1.78 bits per heavy atom. The van der Waals surface area contributed by atoms with Crippen LogP contribution in [0.3, 0.4) is 0 Å². The summed E-state index contributed by atoms with van der Waals surface area (Å²) in [5, 5.41) is 0. The van der Waals surface area contributed by atoms with Crippen molar-refractivity contribution in [2.24, 2.45) is 0 Å². The number of para-hydroxylation sites is 1. The molecular weight excluding hydrogens is 338 g/mol. The average Bonchev–Trinajstić information content (AvgIpc) is 2.74. The summed E-state index contributed by atoms with van der Waals surface area (Å²) in [7, 11) is 1.69. The smallest absolute Gasteiger partial charge is 0.244 e. The highest BCUT2D eigenvalue weighted by atomic mass is 16.5. The van der Waals surface area contributed by atoms with Crippen molar-refractivity contribution in [3.8, 4) is 5.75 Å². The van der Waals surface area contributed by atoms with E-state index in [9.17, 15) is 4.79 Å². The summed E-state index contributed by atoms with van der Waals surface area (Å²) >= 11 is 0. The minimum absolute atomic E-state index is 0.127. The molecule has 1 fully saturated rings. The number of likely N-dealkylation sites (N-methyl/N-ethyl adjacent to an activating group) is 1. The Morgan fingerprint density at radius 3 is 2.41 bits per heavy atom. The summed E-state index contributed by atoms with van der Waals surface area (Å²) < 4.78 is 5.33. The van der Waals surface area contributed by atoms with Crippen LogP contribution in [-0.2, 0) is 4.79 Å². The quantitative estimate of drug-likeness (QED) is 0.785. The number of anilines is 2. The first kappa shape index (κ1) is 19.2.